The zero-order valence-corrected chi connectivity index (χ0v) is 28.6. The average Bonchev–Trinajstić information content (AvgIpc) is 2.87. The van der Waals surface area contributed by atoms with Gasteiger partial charge >= 0.3 is 0 Å². The molecule has 0 saturated carbocycles. The predicted octanol–water partition coefficient (Wildman–Crippen LogP) is 7.41. The maximum atomic E-state index is 11.6. The van der Waals surface area contributed by atoms with Crippen molar-refractivity contribution in [1.29, 1.82) is 0 Å². The van der Waals surface area contributed by atoms with E-state index in [-0.39, 0.29) is 23.5 Å². The summed E-state index contributed by atoms with van der Waals surface area (Å²) in [6.07, 6.45) is 3.69. The lowest BCUT2D eigenvalue weighted by Gasteiger charge is -2.45. The Labute approximate surface area is 246 Å². The quantitative estimate of drug-likeness (QED) is 0.175. The molecule has 222 valence electrons. The molecule has 0 unspecified atom stereocenters. The van der Waals surface area contributed by atoms with E-state index in [1.165, 1.54) is 10.4 Å². The molecule has 0 radical (unpaired) electrons. The van der Waals surface area contributed by atoms with Gasteiger partial charge in [0.15, 0.2) is 5.78 Å². The van der Waals surface area contributed by atoms with E-state index in [1.807, 2.05) is 18.2 Å². The Morgan fingerprint density at radius 1 is 0.850 bits per heavy atom. The second-order valence-electron chi connectivity index (χ2n) is 13.2. The van der Waals surface area contributed by atoms with Crippen molar-refractivity contribution in [2.75, 3.05) is 6.61 Å². The first kappa shape index (κ1) is 34.4. The van der Waals surface area contributed by atoms with E-state index in [0.717, 1.165) is 0 Å². The van der Waals surface area contributed by atoms with Crippen LogP contribution in [-0.2, 0) is 13.6 Å². The van der Waals surface area contributed by atoms with Gasteiger partial charge in [-0.25, -0.2) is 0 Å². The van der Waals surface area contributed by atoms with Gasteiger partial charge in [0.05, 0.1) is 18.8 Å². The molecule has 0 heterocycles. The van der Waals surface area contributed by atoms with Crippen molar-refractivity contribution in [3.05, 3.63) is 72.8 Å². The van der Waals surface area contributed by atoms with E-state index >= 15 is 0 Å². The van der Waals surface area contributed by atoms with E-state index in [0.29, 0.717) is 29.5 Å². The van der Waals surface area contributed by atoms with Crippen LogP contribution in [-0.4, -0.2) is 46.3 Å². The Morgan fingerprint density at radius 3 is 1.68 bits per heavy atom. The Bertz CT molecular complexity index is 997. The SMILES string of the molecule is CC(=O)/C=C/C[C@H](C[C@H](O)CO[Si](c1ccccc1)(c1ccccc1)C(C)(C)C)O[Si](C(C)C)(C(C)C)C(C)C. The van der Waals surface area contributed by atoms with E-state index in [2.05, 4.69) is 111 Å². The van der Waals surface area contributed by atoms with Crippen LogP contribution < -0.4 is 10.4 Å². The fourth-order valence-electron chi connectivity index (χ4n) is 6.63. The molecule has 0 amide bonds. The topological polar surface area (TPSA) is 55.8 Å². The molecule has 2 aromatic carbocycles. The lowest BCUT2D eigenvalue weighted by Crippen LogP contribution is -2.67. The molecule has 2 atom stereocenters. The largest absolute Gasteiger partial charge is 0.413 e. The van der Waals surface area contributed by atoms with Crippen LogP contribution in [0.15, 0.2) is 72.8 Å². The number of ketones is 1. The van der Waals surface area contributed by atoms with Crippen LogP contribution in [0, 0.1) is 0 Å². The first-order valence-corrected chi connectivity index (χ1v) is 19.0. The second kappa shape index (κ2) is 14.9. The molecule has 0 bridgehead atoms. The van der Waals surface area contributed by atoms with E-state index in [4.69, 9.17) is 8.85 Å². The van der Waals surface area contributed by atoms with Gasteiger partial charge in [-0.2, -0.15) is 0 Å². The van der Waals surface area contributed by atoms with Gasteiger partial charge in [0.2, 0.25) is 8.32 Å². The van der Waals surface area contributed by atoms with Crippen molar-refractivity contribution in [2.24, 2.45) is 0 Å². The number of aliphatic hydroxyl groups excluding tert-OH is 1. The summed E-state index contributed by atoms with van der Waals surface area (Å²) in [6, 6.07) is 21.1. The van der Waals surface area contributed by atoms with Crippen molar-refractivity contribution < 1.29 is 18.8 Å². The number of carbonyl (C=O) groups excluding carboxylic acids is 1. The molecule has 2 rings (SSSR count). The summed E-state index contributed by atoms with van der Waals surface area (Å²) in [5, 5.41) is 13.7. The number of aliphatic hydroxyl groups is 1. The van der Waals surface area contributed by atoms with E-state index in [1.54, 1.807) is 13.0 Å². The van der Waals surface area contributed by atoms with Gasteiger partial charge in [0.1, 0.15) is 0 Å². The lowest BCUT2D eigenvalue weighted by atomic mass is 10.1. The van der Waals surface area contributed by atoms with Crippen molar-refractivity contribution >= 4 is 32.8 Å². The molecule has 0 aliphatic rings. The summed E-state index contributed by atoms with van der Waals surface area (Å²) in [7, 11) is -4.95. The zero-order valence-electron chi connectivity index (χ0n) is 26.6. The monoisotopic (exact) mass is 582 g/mol. The maximum absolute atomic E-state index is 11.6. The maximum Gasteiger partial charge on any atom is 0.261 e. The summed E-state index contributed by atoms with van der Waals surface area (Å²) in [4.78, 5) is 11.6. The second-order valence-corrected chi connectivity index (χ2v) is 22.9. The number of hydrogen-bond donors (Lipinski definition) is 1. The normalized spacial score (nSPS) is 14.8. The third-order valence-electron chi connectivity index (χ3n) is 8.27. The van der Waals surface area contributed by atoms with Gasteiger partial charge in [-0.3, -0.25) is 4.79 Å². The highest BCUT2D eigenvalue weighted by Crippen LogP contribution is 2.44. The molecule has 2 aromatic rings. The molecule has 40 heavy (non-hydrogen) atoms. The number of carbonyl (C=O) groups is 1. The minimum atomic E-state index is -2.75. The third-order valence-corrected chi connectivity index (χ3v) is 19.4. The molecule has 4 nitrogen and oxygen atoms in total. The van der Waals surface area contributed by atoms with Crippen molar-refractivity contribution in [2.45, 2.75) is 116 Å². The van der Waals surface area contributed by atoms with Crippen LogP contribution in [0.25, 0.3) is 0 Å². The number of allylic oxidation sites excluding steroid dienone is 1. The highest BCUT2D eigenvalue weighted by atomic mass is 28.4. The molecule has 0 spiro atoms. The zero-order chi connectivity index (χ0) is 30.1. The molecule has 6 heteroatoms. The molecule has 0 saturated heterocycles. The van der Waals surface area contributed by atoms with Gasteiger partial charge in [0.25, 0.3) is 8.32 Å². The standard InChI is InChI=1S/C34H54O4Si2/c1-26(2)39(27(3)4,28(5)6)38-31(19-17-18-29(7)35)24-30(36)25-37-40(34(8,9)10,32-20-13-11-14-21-32)33-22-15-12-16-23-33/h11-18,20-23,26-28,30-31,36H,19,24-25H2,1-10H3/b18-17+/t30-,31+/m0/s1. The summed E-state index contributed by atoms with van der Waals surface area (Å²) in [5.74, 6) is 0.0226. The molecule has 0 fully saturated rings. The first-order valence-electron chi connectivity index (χ1n) is 15.0. The number of benzene rings is 2. The van der Waals surface area contributed by atoms with Crippen LogP contribution in [0.4, 0.5) is 0 Å². The summed E-state index contributed by atoms with van der Waals surface area (Å²) in [6.45, 7) is 22.2. The first-order chi connectivity index (χ1) is 18.7. The molecule has 0 aliphatic heterocycles. The smallest absolute Gasteiger partial charge is 0.261 e. The third kappa shape index (κ3) is 8.13. The summed E-state index contributed by atoms with van der Waals surface area (Å²) >= 11 is 0. The fourth-order valence-corrected chi connectivity index (χ4v) is 16.8. The van der Waals surface area contributed by atoms with Crippen molar-refractivity contribution in [1.82, 2.24) is 0 Å². The highest BCUT2D eigenvalue weighted by Gasteiger charge is 2.51. The van der Waals surface area contributed by atoms with E-state index < -0.39 is 22.7 Å². The lowest BCUT2D eigenvalue weighted by molar-refractivity contribution is -0.112. The molecular weight excluding hydrogens is 529 g/mol. The van der Waals surface area contributed by atoms with Crippen LogP contribution >= 0.6 is 0 Å². The Balaban J connectivity index is 2.42. The van der Waals surface area contributed by atoms with Crippen LogP contribution in [0.2, 0.25) is 21.7 Å². The molecular formula is C34H54O4Si2. The fraction of sp³-hybridized carbons (Fsp3) is 0.559. The van der Waals surface area contributed by atoms with Gasteiger partial charge < -0.3 is 14.0 Å². The van der Waals surface area contributed by atoms with Gasteiger partial charge in [-0.15, -0.1) is 0 Å². The Kier molecular flexibility index (Phi) is 12.8. The van der Waals surface area contributed by atoms with Gasteiger partial charge in [-0.1, -0.05) is 129 Å². The summed E-state index contributed by atoms with van der Waals surface area (Å²) < 4.78 is 14.1. The number of rotatable bonds is 15. The van der Waals surface area contributed by atoms with Crippen molar-refractivity contribution in [3.63, 3.8) is 0 Å². The number of hydrogen-bond acceptors (Lipinski definition) is 4. The molecule has 0 aliphatic carbocycles. The van der Waals surface area contributed by atoms with Gasteiger partial charge in [-0.05, 0) is 51.5 Å². The predicted molar refractivity (Wildman–Crippen MR) is 175 cm³/mol. The average molecular weight is 583 g/mol. The van der Waals surface area contributed by atoms with Crippen molar-refractivity contribution in [3.8, 4) is 0 Å². The van der Waals surface area contributed by atoms with Crippen LogP contribution in [0.3, 0.4) is 0 Å². The molecule has 1 N–H and O–H groups in total. The van der Waals surface area contributed by atoms with Gasteiger partial charge in [0, 0.05) is 6.42 Å². The van der Waals surface area contributed by atoms with E-state index in [9.17, 15) is 9.90 Å². The van der Waals surface area contributed by atoms with Crippen LogP contribution in [0.5, 0.6) is 0 Å². The Hall–Kier alpha value is -1.84. The Morgan fingerprint density at radius 2 is 1.30 bits per heavy atom. The summed E-state index contributed by atoms with van der Waals surface area (Å²) in [5.41, 5.74) is 1.28. The minimum absolute atomic E-state index is 0.0226. The minimum Gasteiger partial charge on any atom is -0.413 e. The van der Waals surface area contributed by atoms with Crippen LogP contribution in [0.1, 0.15) is 82.1 Å². The molecule has 0 aromatic heterocycles. The highest BCUT2D eigenvalue weighted by molar-refractivity contribution is 6.99.